The SMILES string of the molecule is Cc1nn(Cn2cc(NC(=O)c3ccc([N+](=O)[O-])cc3)cn2)c(C)c1Cl. The minimum absolute atomic E-state index is 0.0714. The first-order valence-electron chi connectivity index (χ1n) is 7.63. The number of anilines is 1. The van der Waals surface area contributed by atoms with E-state index in [1.807, 2.05) is 13.8 Å². The quantitative estimate of drug-likeness (QED) is 0.545. The first-order valence-corrected chi connectivity index (χ1v) is 8.00. The van der Waals surface area contributed by atoms with Gasteiger partial charge in [-0.2, -0.15) is 10.2 Å². The van der Waals surface area contributed by atoms with Crippen LogP contribution < -0.4 is 5.32 Å². The normalized spacial score (nSPS) is 10.7. The molecule has 0 saturated carbocycles. The van der Waals surface area contributed by atoms with Crippen LogP contribution in [0.3, 0.4) is 0 Å². The van der Waals surface area contributed by atoms with Gasteiger partial charge in [-0.05, 0) is 26.0 Å². The van der Waals surface area contributed by atoms with Gasteiger partial charge in [-0.25, -0.2) is 9.36 Å². The van der Waals surface area contributed by atoms with E-state index >= 15 is 0 Å². The lowest BCUT2D eigenvalue weighted by Gasteiger charge is -2.04. The van der Waals surface area contributed by atoms with Gasteiger partial charge in [-0.3, -0.25) is 14.9 Å². The average molecular weight is 375 g/mol. The number of hydrogen-bond acceptors (Lipinski definition) is 5. The zero-order valence-corrected chi connectivity index (χ0v) is 14.8. The highest BCUT2D eigenvalue weighted by Gasteiger charge is 2.12. The maximum atomic E-state index is 12.2. The third-order valence-electron chi connectivity index (χ3n) is 3.80. The number of nitro benzene ring substituents is 1. The van der Waals surface area contributed by atoms with E-state index < -0.39 is 4.92 Å². The van der Waals surface area contributed by atoms with Gasteiger partial charge in [-0.1, -0.05) is 11.6 Å². The van der Waals surface area contributed by atoms with E-state index in [4.69, 9.17) is 11.6 Å². The second-order valence-electron chi connectivity index (χ2n) is 5.65. The van der Waals surface area contributed by atoms with Crippen molar-refractivity contribution in [1.29, 1.82) is 0 Å². The maximum Gasteiger partial charge on any atom is 0.269 e. The zero-order valence-electron chi connectivity index (χ0n) is 14.0. The number of amides is 1. The van der Waals surface area contributed by atoms with Crippen molar-refractivity contribution < 1.29 is 9.72 Å². The lowest BCUT2D eigenvalue weighted by Crippen LogP contribution is -2.12. The lowest BCUT2D eigenvalue weighted by atomic mass is 10.2. The molecule has 1 aromatic carbocycles. The minimum Gasteiger partial charge on any atom is -0.319 e. The van der Waals surface area contributed by atoms with E-state index in [0.717, 1.165) is 11.4 Å². The van der Waals surface area contributed by atoms with Crippen LogP contribution in [0.4, 0.5) is 11.4 Å². The molecular weight excluding hydrogens is 360 g/mol. The smallest absolute Gasteiger partial charge is 0.269 e. The summed E-state index contributed by atoms with van der Waals surface area (Å²) in [5, 5.41) is 22.5. The van der Waals surface area contributed by atoms with Gasteiger partial charge in [0.2, 0.25) is 0 Å². The van der Waals surface area contributed by atoms with Gasteiger partial charge < -0.3 is 5.32 Å². The minimum atomic E-state index is -0.517. The van der Waals surface area contributed by atoms with E-state index in [1.165, 1.54) is 30.5 Å². The second-order valence-corrected chi connectivity index (χ2v) is 6.03. The fourth-order valence-electron chi connectivity index (χ4n) is 2.39. The molecule has 2 aromatic heterocycles. The van der Waals surface area contributed by atoms with E-state index in [2.05, 4.69) is 15.5 Å². The zero-order chi connectivity index (χ0) is 18.8. The van der Waals surface area contributed by atoms with Gasteiger partial charge in [-0.15, -0.1) is 0 Å². The molecule has 134 valence electrons. The fraction of sp³-hybridized carbons (Fsp3) is 0.188. The van der Waals surface area contributed by atoms with Crippen molar-refractivity contribution in [2.75, 3.05) is 5.32 Å². The molecule has 0 aliphatic carbocycles. The molecule has 3 aromatic rings. The number of non-ortho nitro benzene ring substituents is 1. The van der Waals surface area contributed by atoms with Gasteiger partial charge in [0.05, 0.1) is 39.4 Å². The summed E-state index contributed by atoms with van der Waals surface area (Å²) < 4.78 is 3.33. The summed E-state index contributed by atoms with van der Waals surface area (Å²) in [4.78, 5) is 22.3. The van der Waals surface area contributed by atoms with Crippen LogP contribution in [0.25, 0.3) is 0 Å². The molecule has 3 rings (SSSR count). The van der Waals surface area contributed by atoms with Gasteiger partial charge in [0.15, 0.2) is 0 Å². The Balaban J connectivity index is 1.68. The molecule has 0 aliphatic heterocycles. The molecule has 1 N–H and O–H groups in total. The number of benzene rings is 1. The molecule has 0 saturated heterocycles. The molecule has 2 heterocycles. The molecule has 0 fully saturated rings. The number of carbonyl (C=O) groups excluding carboxylic acids is 1. The van der Waals surface area contributed by atoms with E-state index in [-0.39, 0.29) is 11.6 Å². The number of aromatic nitrogens is 4. The highest BCUT2D eigenvalue weighted by atomic mass is 35.5. The Morgan fingerprint density at radius 2 is 2.00 bits per heavy atom. The first-order chi connectivity index (χ1) is 12.3. The summed E-state index contributed by atoms with van der Waals surface area (Å²) in [6.45, 7) is 4.04. The molecule has 0 atom stereocenters. The predicted octanol–water partition coefficient (Wildman–Crippen LogP) is 3.02. The standard InChI is InChI=1S/C16H15ClN6O3/c1-10-15(17)11(2)22(20-10)9-21-8-13(7-18-21)19-16(24)12-3-5-14(6-4-12)23(25)26/h3-8H,9H2,1-2H3,(H,19,24). The Kier molecular flexibility index (Phi) is 4.72. The Hall–Kier alpha value is -3.20. The number of halogens is 1. The molecule has 9 nitrogen and oxygen atoms in total. The average Bonchev–Trinajstić information content (AvgIpc) is 3.15. The molecule has 1 amide bonds. The van der Waals surface area contributed by atoms with Crippen LogP contribution in [0.1, 0.15) is 21.7 Å². The van der Waals surface area contributed by atoms with Crippen LogP contribution >= 0.6 is 11.6 Å². The Labute approximate surface area is 153 Å². The van der Waals surface area contributed by atoms with Crippen LogP contribution in [-0.2, 0) is 6.67 Å². The highest BCUT2D eigenvalue weighted by molar-refractivity contribution is 6.31. The van der Waals surface area contributed by atoms with Crippen LogP contribution in [0.2, 0.25) is 5.02 Å². The lowest BCUT2D eigenvalue weighted by molar-refractivity contribution is -0.384. The summed E-state index contributed by atoms with van der Waals surface area (Å²) in [7, 11) is 0. The highest BCUT2D eigenvalue weighted by Crippen LogP contribution is 2.19. The Morgan fingerprint density at radius 3 is 2.58 bits per heavy atom. The topological polar surface area (TPSA) is 108 Å². The van der Waals surface area contributed by atoms with E-state index in [1.54, 1.807) is 15.6 Å². The Morgan fingerprint density at radius 1 is 1.31 bits per heavy atom. The number of carbonyl (C=O) groups is 1. The number of nitrogens with zero attached hydrogens (tertiary/aromatic N) is 5. The van der Waals surface area contributed by atoms with Gasteiger partial charge >= 0.3 is 0 Å². The first kappa shape index (κ1) is 17.6. The third kappa shape index (κ3) is 3.57. The molecular formula is C16H15ClN6O3. The van der Waals surface area contributed by atoms with Gasteiger partial charge in [0.1, 0.15) is 6.67 Å². The molecule has 0 aliphatic rings. The van der Waals surface area contributed by atoms with Crippen LogP contribution in [-0.4, -0.2) is 30.4 Å². The van der Waals surface area contributed by atoms with Crippen LogP contribution in [0.15, 0.2) is 36.7 Å². The molecule has 0 spiro atoms. The summed E-state index contributed by atoms with van der Waals surface area (Å²) in [5.74, 6) is -0.381. The largest absolute Gasteiger partial charge is 0.319 e. The van der Waals surface area contributed by atoms with Crippen molar-refractivity contribution in [2.24, 2.45) is 0 Å². The van der Waals surface area contributed by atoms with E-state index in [0.29, 0.717) is 22.9 Å². The number of nitrogens with one attached hydrogen (secondary N) is 1. The molecule has 10 heteroatoms. The summed E-state index contributed by atoms with van der Waals surface area (Å²) in [6.07, 6.45) is 3.17. The van der Waals surface area contributed by atoms with Crippen molar-refractivity contribution in [1.82, 2.24) is 19.6 Å². The summed E-state index contributed by atoms with van der Waals surface area (Å²) in [5.41, 5.74) is 2.31. The number of hydrogen-bond donors (Lipinski definition) is 1. The Bertz CT molecular complexity index is 977. The maximum absolute atomic E-state index is 12.2. The third-order valence-corrected chi connectivity index (χ3v) is 4.35. The fourth-order valence-corrected chi connectivity index (χ4v) is 2.53. The van der Waals surface area contributed by atoms with Crippen molar-refractivity contribution in [3.8, 4) is 0 Å². The van der Waals surface area contributed by atoms with Crippen molar-refractivity contribution in [3.05, 3.63) is 68.7 Å². The monoisotopic (exact) mass is 374 g/mol. The second kappa shape index (κ2) is 6.96. The number of aryl methyl sites for hydroxylation is 1. The van der Waals surface area contributed by atoms with Crippen molar-refractivity contribution in [2.45, 2.75) is 20.5 Å². The van der Waals surface area contributed by atoms with Crippen LogP contribution in [0.5, 0.6) is 0 Å². The number of rotatable bonds is 5. The van der Waals surface area contributed by atoms with Crippen molar-refractivity contribution >= 4 is 28.9 Å². The molecule has 0 bridgehead atoms. The van der Waals surface area contributed by atoms with Gasteiger partial charge in [0, 0.05) is 17.7 Å². The van der Waals surface area contributed by atoms with E-state index in [9.17, 15) is 14.9 Å². The summed E-state index contributed by atoms with van der Waals surface area (Å²) in [6, 6.07) is 5.36. The molecule has 26 heavy (non-hydrogen) atoms. The predicted molar refractivity (Wildman–Crippen MR) is 95.4 cm³/mol. The van der Waals surface area contributed by atoms with Crippen LogP contribution in [0, 0.1) is 24.0 Å². The number of nitro groups is 1. The molecule has 0 unspecified atom stereocenters. The van der Waals surface area contributed by atoms with Crippen molar-refractivity contribution in [3.63, 3.8) is 0 Å². The van der Waals surface area contributed by atoms with Gasteiger partial charge in [0.25, 0.3) is 11.6 Å². The summed E-state index contributed by atoms with van der Waals surface area (Å²) >= 11 is 6.12. The molecule has 0 radical (unpaired) electrons.